The molecule has 1 N–H and O–H groups in total. The third kappa shape index (κ3) is 5.71. The van der Waals surface area contributed by atoms with Crippen molar-refractivity contribution in [3.05, 3.63) is 58.6 Å². The summed E-state index contributed by atoms with van der Waals surface area (Å²) in [5.41, 5.74) is 2.16. The molecule has 0 fully saturated rings. The van der Waals surface area contributed by atoms with E-state index in [0.29, 0.717) is 23.1 Å². The van der Waals surface area contributed by atoms with Gasteiger partial charge in [0.2, 0.25) is 0 Å². The number of nitrogens with zero attached hydrogens (tertiary/aromatic N) is 1. The standard InChI is InChI=1S/C19H25ClN2O2/c1-22(2)10-9-21-13-16-11-17(20)19(18(12-16)23-3)24-14-15-7-5-4-6-8-15/h4-8,11-12,21H,9-10,13-14H2,1-3H3. The minimum Gasteiger partial charge on any atom is -0.493 e. The van der Waals surface area contributed by atoms with Gasteiger partial charge in [0.1, 0.15) is 6.61 Å². The van der Waals surface area contributed by atoms with E-state index < -0.39 is 0 Å². The molecule has 0 amide bonds. The number of hydrogen-bond acceptors (Lipinski definition) is 4. The quantitative estimate of drug-likeness (QED) is 0.702. The van der Waals surface area contributed by atoms with E-state index in [1.807, 2.05) is 42.5 Å². The number of halogens is 1. The highest BCUT2D eigenvalue weighted by molar-refractivity contribution is 6.32. The first kappa shape index (κ1) is 18.6. The monoisotopic (exact) mass is 348 g/mol. The topological polar surface area (TPSA) is 33.7 Å². The highest BCUT2D eigenvalue weighted by Crippen LogP contribution is 2.36. The molecule has 0 atom stereocenters. The summed E-state index contributed by atoms with van der Waals surface area (Å²) in [7, 11) is 5.74. The van der Waals surface area contributed by atoms with Crippen molar-refractivity contribution in [2.24, 2.45) is 0 Å². The summed E-state index contributed by atoms with van der Waals surface area (Å²) in [6.07, 6.45) is 0. The number of methoxy groups -OCH3 is 1. The minimum absolute atomic E-state index is 0.456. The first-order chi connectivity index (χ1) is 11.6. The maximum atomic E-state index is 6.40. The van der Waals surface area contributed by atoms with E-state index in [9.17, 15) is 0 Å². The van der Waals surface area contributed by atoms with Crippen molar-refractivity contribution in [1.82, 2.24) is 10.2 Å². The average Bonchev–Trinajstić information content (AvgIpc) is 2.58. The second-order valence-corrected chi connectivity index (χ2v) is 6.27. The smallest absolute Gasteiger partial charge is 0.180 e. The lowest BCUT2D eigenvalue weighted by Crippen LogP contribution is -2.26. The van der Waals surface area contributed by atoms with Crippen molar-refractivity contribution in [3.8, 4) is 11.5 Å². The predicted octanol–water partition coefficient (Wildman–Crippen LogP) is 3.58. The molecule has 2 rings (SSSR count). The minimum atomic E-state index is 0.456. The van der Waals surface area contributed by atoms with Crippen molar-refractivity contribution < 1.29 is 9.47 Å². The molecule has 24 heavy (non-hydrogen) atoms. The zero-order chi connectivity index (χ0) is 17.4. The zero-order valence-electron chi connectivity index (χ0n) is 14.5. The molecule has 0 saturated heterocycles. The SMILES string of the molecule is COc1cc(CNCCN(C)C)cc(Cl)c1OCc1ccccc1. The van der Waals surface area contributed by atoms with Gasteiger partial charge in [-0.25, -0.2) is 0 Å². The maximum Gasteiger partial charge on any atom is 0.180 e. The third-order valence-corrected chi connectivity index (χ3v) is 3.86. The lowest BCUT2D eigenvalue weighted by molar-refractivity contribution is 0.284. The summed E-state index contributed by atoms with van der Waals surface area (Å²) in [5, 5.41) is 3.96. The van der Waals surface area contributed by atoms with Gasteiger partial charge in [0, 0.05) is 19.6 Å². The Kier molecular flexibility index (Phi) is 7.37. The van der Waals surface area contributed by atoms with Gasteiger partial charge in [0.05, 0.1) is 12.1 Å². The Morgan fingerprint density at radius 2 is 1.83 bits per heavy atom. The van der Waals surface area contributed by atoms with Crippen LogP contribution in [0.2, 0.25) is 5.02 Å². The van der Waals surface area contributed by atoms with Gasteiger partial charge in [-0.15, -0.1) is 0 Å². The highest BCUT2D eigenvalue weighted by atomic mass is 35.5. The van der Waals surface area contributed by atoms with Gasteiger partial charge in [-0.05, 0) is 37.4 Å². The second kappa shape index (κ2) is 9.52. The first-order valence-corrected chi connectivity index (χ1v) is 8.36. The molecule has 4 nitrogen and oxygen atoms in total. The van der Waals surface area contributed by atoms with Gasteiger partial charge in [-0.1, -0.05) is 41.9 Å². The summed E-state index contributed by atoms with van der Waals surface area (Å²) >= 11 is 6.40. The average molecular weight is 349 g/mol. The third-order valence-electron chi connectivity index (χ3n) is 3.58. The second-order valence-electron chi connectivity index (χ2n) is 5.86. The molecule has 0 aliphatic carbocycles. The maximum absolute atomic E-state index is 6.40. The fraction of sp³-hybridized carbons (Fsp3) is 0.368. The molecular formula is C19H25ClN2O2. The highest BCUT2D eigenvalue weighted by Gasteiger charge is 2.12. The van der Waals surface area contributed by atoms with Crippen LogP contribution >= 0.6 is 11.6 Å². The van der Waals surface area contributed by atoms with Crippen LogP contribution in [0.5, 0.6) is 11.5 Å². The number of nitrogens with one attached hydrogen (secondary N) is 1. The number of benzene rings is 2. The van der Waals surface area contributed by atoms with Crippen LogP contribution < -0.4 is 14.8 Å². The van der Waals surface area contributed by atoms with E-state index >= 15 is 0 Å². The Labute approximate surface area is 149 Å². The van der Waals surface area contributed by atoms with Crippen LogP contribution in [-0.4, -0.2) is 39.2 Å². The number of likely N-dealkylation sites (N-methyl/N-ethyl adjacent to an activating group) is 1. The number of rotatable bonds is 9. The Morgan fingerprint density at radius 1 is 1.08 bits per heavy atom. The summed E-state index contributed by atoms with van der Waals surface area (Å²) in [5.74, 6) is 1.24. The molecule has 0 aliphatic heterocycles. The van der Waals surface area contributed by atoms with E-state index in [1.54, 1.807) is 7.11 Å². The fourth-order valence-electron chi connectivity index (χ4n) is 2.28. The van der Waals surface area contributed by atoms with Crippen LogP contribution in [-0.2, 0) is 13.2 Å². The number of ether oxygens (including phenoxy) is 2. The Morgan fingerprint density at radius 3 is 2.50 bits per heavy atom. The molecule has 0 bridgehead atoms. The van der Waals surface area contributed by atoms with Crippen LogP contribution in [0.1, 0.15) is 11.1 Å². The Balaban J connectivity index is 2.01. The largest absolute Gasteiger partial charge is 0.493 e. The van der Waals surface area contributed by atoms with Gasteiger partial charge < -0.3 is 19.7 Å². The van der Waals surface area contributed by atoms with Crippen molar-refractivity contribution in [2.45, 2.75) is 13.2 Å². The molecule has 0 saturated carbocycles. The normalized spacial score (nSPS) is 10.9. The molecule has 0 unspecified atom stereocenters. The van der Waals surface area contributed by atoms with E-state index in [2.05, 4.69) is 24.3 Å². The van der Waals surface area contributed by atoms with E-state index in [4.69, 9.17) is 21.1 Å². The van der Waals surface area contributed by atoms with E-state index in [-0.39, 0.29) is 0 Å². The molecular weight excluding hydrogens is 324 g/mol. The summed E-state index contributed by atoms with van der Waals surface area (Å²) in [4.78, 5) is 2.14. The Bertz CT molecular complexity index is 633. The molecule has 0 radical (unpaired) electrons. The van der Waals surface area contributed by atoms with Crippen molar-refractivity contribution in [1.29, 1.82) is 0 Å². The fourth-order valence-corrected chi connectivity index (χ4v) is 2.57. The molecule has 2 aromatic carbocycles. The zero-order valence-corrected chi connectivity index (χ0v) is 15.3. The Hall–Kier alpha value is -1.75. The van der Waals surface area contributed by atoms with Gasteiger partial charge in [-0.3, -0.25) is 0 Å². The molecule has 0 aromatic heterocycles. The molecule has 2 aromatic rings. The first-order valence-electron chi connectivity index (χ1n) is 7.98. The van der Waals surface area contributed by atoms with Crippen LogP contribution in [0.4, 0.5) is 0 Å². The van der Waals surface area contributed by atoms with E-state index in [0.717, 1.165) is 30.8 Å². The molecule has 130 valence electrons. The summed E-state index contributed by atoms with van der Waals surface area (Å²) in [6.45, 7) is 3.10. The van der Waals surface area contributed by atoms with Crippen LogP contribution in [0.25, 0.3) is 0 Å². The van der Waals surface area contributed by atoms with Crippen molar-refractivity contribution >= 4 is 11.6 Å². The number of hydrogen-bond donors (Lipinski definition) is 1. The van der Waals surface area contributed by atoms with Crippen LogP contribution in [0.15, 0.2) is 42.5 Å². The van der Waals surface area contributed by atoms with Gasteiger partial charge in [0.25, 0.3) is 0 Å². The lowest BCUT2D eigenvalue weighted by Gasteiger charge is -2.15. The summed E-state index contributed by atoms with van der Waals surface area (Å²) in [6, 6.07) is 13.9. The van der Waals surface area contributed by atoms with Crippen molar-refractivity contribution in [2.75, 3.05) is 34.3 Å². The van der Waals surface area contributed by atoms with Gasteiger partial charge in [-0.2, -0.15) is 0 Å². The molecule has 0 heterocycles. The molecule has 0 aliphatic rings. The van der Waals surface area contributed by atoms with Crippen molar-refractivity contribution in [3.63, 3.8) is 0 Å². The molecule has 0 spiro atoms. The molecule has 5 heteroatoms. The lowest BCUT2D eigenvalue weighted by atomic mass is 10.2. The summed E-state index contributed by atoms with van der Waals surface area (Å²) < 4.78 is 11.3. The van der Waals surface area contributed by atoms with Gasteiger partial charge >= 0.3 is 0 Å². The predicted molar refractivity (Wildman–Crippen MR) is 99.0 cm³/mol. The van der Waals surface area contributed by atoms with E-state index in [1.165, 1.54) is 0 Å². The van der Waals surface area contributed by atoms with Gasteiger partial charge in [0.15, 0.2) is 11.5 Å². The van der Waals surface area contributed by atoms with Crippen LogP contribution in [0.3, 0.4) is 0 Å². The van der Waals surface area contributed by atoms with Crippen LogP contribution in [0, 0.1) is 0 Å².